The van der Waals surface area contributed by atoms with Gasteiger partial charge in [0.2, 0.25) is 0 Å². The minimum atomic E-state index is 0.241. The average Bonchev–Trinajstić information content (AvgIpc) is 2.26. The predicted octanol–water partition coefficient (Wildman–Crippen LogP) is 3.93. The van der Waals surface area contributed by atoms with Crippen molar-refractivity contribution in [2.75, 3.05) is 19.0 Å². The molecular weight excluding hydrogens is 244 g/mol. The third-order valence-corrected chi connectivity index (χ3v) is 3.86. The zero-order chi connectivity index (χ0) is 13.9. The molecular formula is C15H25ClN2. The quantitative estimate of drug-likeness (QED) is 0.890. The third kappa shape index (κ3) is 3.63. The molecule has 0 radical (unpaired) electrons. The van der Waals surface area contributed by atoms with Crippen LogP contribution in [0.2, 0.25) is 5.02 Å². The zero-order valence-corrected chi connectivity index (χ0v) is 13.1. The standard InChI is InChI=1S/C15H25ClN2/c1-11(15(2,3)4)18(6)14-8-7-13(16)9-12(14)10-17-5/h7-9,11,17H,10H2,1-6H3. The van der Waals surface area contributed by atoms with E-state index in [0.717, 1.165) is 11.6 Å². The van der Waals surface area contributed by atoms with Crippen molar-refractivity contribution in [2.24, 2.45) is 5.41 Å². The predicted molar refractivity (Wildman–Crippen MR) is 81.5 cm³/mol. The van der Waals surface area contributed by atoms with E-state index in [9.17, 15) is 0 Å². The molecule has 0 heterocycles. The maximum atomic E-state index is 6.08. The molecule has 1 aromatic carbocycles. The first-order valence-electron chi connectivity index (χ1n) is 6.43. The van der Waals surface area contributed by atoms with Gasteiger partial charge in [0.1, 0.15) is 0 Å². The van der Waals surface area contributed by atoms with Crippen molar-refractivity contribution in [3.8, 4) is 0 Å². The fraction of sp³-hybridized carbons (Fsp3) is 0.600. The minimum Gasteiger partial charge on any atom is -0.371 e. The second-order valence-electron chi connectivity index (χ2n) is 5.96. The van der Waals surface area contributed by atoms with Crippen LogP contribution in [0.4, 0.5) is 5.69 Å². The molecule has 0 aromatic heterocycles. The van der Waals surface area contributed by atoms with Gasteiger partial charge in [0, 0.05) is 30.3 Å². The SMILES string of the molecule is CNCc1cc(Cl)ccc1N(C)C(C)C(C)(C)C. The molecule has 1 N–H and O–H groups in total. The maximum absolute atomic E-state index is 6.08. The topological polar surface area (TPSA) is 15.3 Å². The van der Waals surface area contributed by atoms with Crippen LogP contribution >= 0.6 is 11.6 Å². The molecule has 102 valence electrons. The monoisotopic (exact) mass is 268 g/mol. The molecule has 3 heteroatoms. The van der Waals surface area contributed by atoms with Crippen LogP contribution in [-0.4, -0.2) is 20.1 Å². The Kier molecular flexibility index (Phi) is 5.06. The number of halogens is 1. The van der Waals surface area contributed by atoms with Gasteiger partial charge in [-0.25, -0.2) is 0 Å². The lowest BCUT2D eigenvalue weighted by Crippen LogP contribution is -2.40. The van der Waals surface area contributed by atoms with Crippen molar-refractivity contribution < 1.29 is 0 Å². The van der Waals surface area contributed by atoms with Gasteiger partial charge in [0.15, 0.2) is 0 Å². The molecule has 0 amide bonds. The van der Waals surface area contributed by atoms with E-state index in [-0.39, 0.29) is 5.41 Å². The highest BCUT2D eigenvalue weighted by Crippen LogP contribution is 2.30. The van der Waals surface area contributed by atoms with Gasteiger partial charge in [-0.1, -0.05) is 32.4 Å². The number of anilines is 1. The highest BCUT2D eigenvalue weighted by Gasteiger charge is 2.25. The molecule has 1 unspecified atom stereocenters. The summed E-state index contributed by atoms with van der Waals surface area (Å²) < 4.78 is 0. The Morgan fingerprint density at radius 3 is 2.44 bits per heavy atom. The molecule has 18 heavy (non-hydrogen) atoms. The van der Waals surface area contributed by atoms with Crippen molar-refractivity contribution in [3.05, 3.63) is 28.8 Å². The van der Waals surface area contributed by atoms with E-state index < -0.39 is 0 Å². The summed E-state index contributed by atoms with van der Waals surface area (Å²) in [5.41, 5.74) is 2.73. The summed E-state index contributed by atoms with van der Waals surface area (Å²) in [5.74, 6) is 0. The third-order valence-electron chi connectivity index (χ3n) is 3.62. The molecule has 1 rings (SSSR count). The minimum absolute atomic E-state index is 0.241. The highest BCUT2D eigenvalue weighted by molar-refractivity contribution is 6.30. The van der Waals surface area contributed by atoms with E-state index in [2.05, 4.69) is 51.0 Å². The fourth-order valence-corrected chi connectivity index (χ4v) is 2.21. The molecule has 1 atom stereocenters. The van der Waals surface area contributed by atoms with Crippen LogP contribution in [0, 0.1) is 5.41 Å². The van der Waals surface area contributed by atoms with Gasteiger partial charge in [-0.05, 0) is 43.1 Å². The summed E-state index contributed by atoms with van der Waals surface area (Å²) in [5, 5.41) is 3.99. The lowest BCUT2D eigenvalue weighted by Gasteiger charge is -2.38. The number of hydrogen-bond donors (Lipinski definition) is 1. The Hall–Kier alpha value is -0.730. The second-order valence-corrected chi connectivity index (χ2v) is 6.39. The summed E-state index contributed by atoms with van der Waals surface area (Å²) in [7, 11) is 4.11. The van der Waals surface area contributed by atoms with Gasteiger partial charge in [0.05, 0.1) is 0 Å². The van der Waals surface area contributed by atoms with Crippen molar-refractivity contribution in [1.29, 1.82) is 0 Å². The van der Waals surface area contributed by atoms with Crippen molar-refractivity contribution in [2.45, 2.75) is 40.3 Å². The number of rotatable bonds is 4. The lowest BCUT2D eigenvalue weighted by molar-refractivity contribution is 0.329. The first-order valence-corrected chi connectivity index (χ1v) is 6.81. The molecule has 0 spiro atoms. The smallest absolute Gasteiger partial charge is 0.0412 e. The van der Waals surface area contributed by atoms with Crippen molar-refractivity contribution in [3.63, 3.8) is 0 Å². The van der Waals surface area contributed by atoms with Crippen molar-refractivity contribution >= 4 is 17.3 Å². The van der Waals surface area contributed by atoms with Gasteiger partial charge in [0.25, 0.3) is 0 Å². The molecule has 0 aliphatic rings. The Morgan fingerprint density at radius 2 is 1.94 bits per heavy atom. The molecule has 0 fully saturated rings. The van der Waals surface area contributed by atoms with E-state index in [1.165, 1.54) is 11.3 Å². The summed E-state index contributed by atoms with van der Waals surface area (Å²) in [4.78, 5) is 2.34. The van der Waals surface area contributed by atoms with Crippen molar-refractivity contribution in [1.82, 2.24) is 5.32 Å². The van der Waals surface area contributed by atoms with E-state index in [0.29, 0.717) is 6.04 Å². The zero-order valence-electron chi connectivity index (χ0n) is 12.3. The molecule has 0 bridgehead atoms. The van der Waals surface area contributed by atoms with E-state index in [1.54, 1.807) is 0 Å². The first kappa shape index (κ1) is 15.3. The van der Waals surface area contributed by atoms with Crippen LogP contribution in [-0.2, 0) is 6.54 Å². The number of benzene rings is 1. The number of nitrogens with one attached hydrogen (secondary N) is 1. The Labute approximate surface area is 116 Å². The van der Waals surface area contributed by atoms with E-state index in [1.807, 2.05) is 19.2 Å². The Bertz CT molecular complexity index is 396. The van der Waals surface area contributed by atoms with Gasteiger partial charge in [-0.15, -0.1) is 0 Å². The molecule has 2 nitrogen and oxygen atoms in total. The number of nitrogens with zero attached hydrogens (tertiary/aromatic N) is 1. The van der Waals surface area contributed by atoms with Gasteiger partial charge >= 0.3 is 0 Å². The van der Waals surface area contributed by atoms with Gasteiger partial charge in [-0.2, -0.15) is 0 Å². The highest BCUT2D eigenvalue weighted by atomic mass is 35.5. The number of hydrogen-bond acceptors (Lipinski definition) is 2. The largest absolute Gasteiger partial charge is 0.371 e. The lowest BCUT2D eigenvalue weighted by atomic mass is 9.86. The average molecular weight is 269 g/mol. The summed E-state index contributed by atoms with van der Waals surface area (Å²) in [6.07, 6.45) is 0. The molecule has 1 aromatic rings. The van der Waals surface area contributed by atoms with Crippen LogP contribution in [0.1, 0.15) is 33.3 Å². The second kappa shape index (κ2) is 5.94. The molecule has 0 aliphatic heterocycles. The normalized spacial score (nSPS) is 13.5. The van der Waals surface area contributed by atoms with Crippen LogP contribution in [0.5, 0.6) is 0 Å². The summed E-state index contributed by atoms with van der Waals surface area (Å²) in [6, 6.07) is 6.56. The fourth-order valence-electron chi connectivity index (χ4n) is 2.02. The first-order chi connectivity index (χ1) is 8.27. The van der Waals surface area contributed by atoms with E-state index >= 15 is 0 Å². The van der Waals surface area contributed by atoms with Crippen LogP contribution < -0.4 is 10.2 Å². The summed E-state index contributed by atoms with van der Waals surface area (Å²) >= 11 is 6.08. The van der Waals surface area contributed by atoms with Gasteiger partial charge < -0.3 is 10.2 Å². The van der Waals surface area contributed by atoms with E-state index in [4.69, 9.17) is 11.6 Å². The maximum Gasteiger partial charge on any atom is 0.0412 e. The molecule has 0 saturated carbocycles. The van der Waals surface area contributed by atoms with Crippen LogP contribution in [0.25, 0.3) is 0 Å². The van der Waals surface area contributed by atoms with Crippen LogP contribution in [0.15, 0.2) is 18.2 Å². The Morgan fingerprint density at radius 1 is 1.33 bits per heavy atom. The molecule has 0 aliphatic carbocycles. The van der Waals surface area contributed by atoms with Gasteiger partial charge in [-0.3, -0.25) is 0 Å². The Balaban J connectivity index is 3.08. The summed E-state index contributed by atoms with van der Waals surface area (Å²) in [6.45, 7) is 9.89. The molecule has 0 saturated heterocycles. The van der Waals surface area contributed by atoms with Crippen LogP contribution in [0.3, 0.4) is 0 Å².